The third-order valence-electron chi connectivity index (χ3n) is 6.08. The highest BCUT2D eigenvalue weighted by atomic mass is 32.2. The van der Waals surface area contributed by atoms with E-state index in [1.54, 1.807) is 11.8 Å². The summed E-state index contributed by atoms with van der Waals surface area (Å²) in [5.41, 5.74) is 2.06. The number of alkyl halides is 3. The number of rotatable bonds is 16. The lowest BCUT2D eigenvalue weighted by atomic mass is 10.0. The van der Waals surface area contributed by atoms with Crippen LogP contribution in [0.5, 0.6) is 11.5 Å². The quantitative estimate of drug-likeness (QED) is 0.0996. The number of carbonyl (C=O) groups excluding carboxylic acids is 2. The summed E-state index contributed by atoms with van der Waals surface area (Å²) in [6.45, 7) is 0.712. The predicted octanol–water partition coefficient (Wildman–Crippen LogP) is 7.64. The Labute approximate surface area is 237 Å². The second kappa shape index (κ2) is 16.0. The van der Waals surface area contributed by atoms with Crippen LogP contribution in [0.15, 0.2) is 78.9 Å². The first kappa shape index (κ1) is 31.1. The lowest BCUT2D eigenvalue weighted by Crippen LogP contribution is -2.22. The molecular formula is C31H33F3O5S. The number of hydrogen-bond acceptors (Lipinski definition) is 6. The fraction of sp³-hybridized carbons (Fsp3) is 0.355. The van der Waals surface area contributed by atoms with Crippen molar-refractivity contribution in [3.05, 3.63) is 95.6 Å². The average Bonchev–Trinajstić information content (AvgIpc) is 2.96. The van der Waals surface area contributed by atoms with E-state index in [0.717, 1.165) is 37.1 Å². The zero-order valence-electron chi connectivity index (χ0n) is 22.3. The number of Topliss-reactive ketones (excluding diaryl/α,β-unsaturated/α-hetero) is 1. The molecule has 3 rings (SSSR count). The minimum Gasteiger partial charge on any atom is -0.493 e. The molecule has 9 heteroatoms. The van der Waals surface area contributed by atoms with Crippen LogP contribution in [0.1, 0.15) is 52.4 Å². The number of benzene rings is 3. The molecule has 5 nitrogen and oxygen atoms in total. The fourth-order valence-corrected chi connectivity index (χ4v) is 5.20. The summed E-state index contributed by atoms with van der Waals surface area (Å²) in [5.74, 6) is -0.302. The molecule has 3 aromatic rings. The van der Waals surface area contributed by atoms with Crippen LogP contribution in [0.25, 0.3) is 0 Å². The summed E-state index contributed by atoms with van der Waals surface area (Å²) in [7, 11) is 1.40. The maximum Gasteiger partial charge on any atom is 0.454 e. The van der Waals surface area contributed by atoms with Gasteiger partial charge < -0.3 is 14.2 Å². The number of esters is 1. The largest absolute Gasteiger partial charge is 0.493 e. The van der Waals surface area contributed by atoms with E-state index in [9.17, 15) is 22.8 Å². The van der Waals surface area contributed by atoms with E-state index < -0.39 is 17.5 Å². The SMILES string of the molecule is COC(=O)CCSC(CCCc1ccccc1)c1ccc(OCCCOc2ccc(C(=O)C(F)(F)F)cc2)cc1. The molecule has 0 aliphatic carbocycles. The zero-order valence-corrected chi connectivity index (χ0v) is 23.1. The minimum absolute atomic E-state index is 0.211. The Kier molecular flexibility index (Phi) is 12.4. The van der Waals surface area contributed by atoms with E-state index in [2.05, 4.69) is 12.1 Å². The summed E-state index contributed by atoms with van der Waals surface area (Å²) < 4.78 is 53.7. The predicted molar refractivity (Wildman–Crippen MR) is 150 cm³/mol. The first-order valence-corrected chi connectivity index (χ1v) is 14.1. The maximum absolute atomic E-state index is 12.5. The van der Waals surface area contributed by atoms with Gasteiger partial charge in [-0.05, 0) is 66.8 Å². The lowest BCUT2D eigenvalue weighted by molar-refractivity contribution is -0.140. The Bertz CT molecular complexity index is 1180. The van der Waals surface area contributed by atoms with Crippen molar-refractivity contribution in [3.63, 3.8) is 0 Å². The van der Waals surface area contributed by atoms with E-state index in [1.165, 1.54) is 30.4 Å². The van der Waals surface area contributed by atoms with Gasteiger partial charge in [0, 0.05) is 23.0 Å². The van der Waals surface area contributed by atoms with Gasteiger partial charge in [0.2, 0.25) is 0 Å². The number of ether oxygens (including phenoxy) is 3. The van der Waals surface area contributed by atoms with Crippen molar-refractivity contribution in [1.29, 1.82) is 0 Å². The Morgan fingerprint density at radius 1 is 0.825 bits per heavy atom. The monoisotopic (exact) mass is 574 g/mol. The van der Waals surface area contributed by atoms with Crippen LogP contribution in [-0.2, 0) is 16.0 Å². The Morgan fingerprint density at radius 3 is 2.00 bits per heavy atom. The molecule has 214 valence electrons. The molecule has 0 saturated carbocycles. The van der Waals surface area contributed by atoms with Gasteiger partial charge in [-0.25, -0.2) is 0 Å². The number of halogens is 3. The molecule has 0 bridgehead atoms. The lowest BCUT2D eigenvalue weighted by Gasteiger charge is -2.18. The average molecular weight is 575 g/mol. The second-order valence-electron chi connectivity index (χ2n) is 9.03. The summed E-state index contributed by atoms with van der Waals surface area (Å²) in [6, 6.07) is 23.2. The Morgan fingerprint density at radius 2 is 1.43 bits per heavy atom. The van der Waals surface area contributed by atoms with Gasteiger partial charge in [-0.1, -0.05) is 42.5 Å². The maximum atomic E-state index is 12.5. The molecule has 3 aromatic carbocycles. The molecule has 0 aromatic heterocycles. The van der Waals surface area contributed by atoms with Crippen molar-refractivity contribution in [2.45, 2.75) is 43.5 Å². The molecular weight excluding hydrogens is 541 g/mol. The third-order valence-corrected chi connectivity index (χ3v) is 7.43. The van der Waals surface area contributed by atoms with Crippen molar-refractivity contribution in [1.82, 2.24) is 0 Å². The summed E-state index contributed by atoms with van der Waals surface area (Å²) >= 11 is 1.75. The van der Waals surface area contributed by atoms with E-state index in [4.69, 9.17) is 14.2 Å². The highest BCUT2D eigenvalue weighted by Gasteiger charge is 2.39. The van der Waals surface area contributed by atoms with Crippen molar-refractivity contribution in [2.75, 3.05) is 26.1 Å². The smallest absolute Gasteiger partial charge is 0.454 e. The van der Waals surface area contributed by atoms with Gasteiger partial charge in [0.1, 0.15) is 11.5 Å². The van der Waals surface area contributed by atoms with Crippen LogP contribution >= 0.6 is 11.8 Å². The molecule has 0 amide bonds. The van der Waals surface area contributed by atoms with E-state index >= 15 is 0 Å². The topological polar surface area (TPSA) is 61.8 Å². The number of thioether (sulfide) groups is 1. The van der Waals surface area contributed by atoms with Gasteiger partial charge in [-0.3, -0.25) is 9.59 Å². The van der Waals surface area contributed by atoms with E-state index in [-0.39, 0.29) is 11.2 Å². The highest BCUT2D eigenvalue weighted by molar-refractivity contribution is 7.99. The molecule has 0 radical (unpaired) electrons. The standard InChI is InChI=1S/C31H33F3O5S/c1-37-29(35)19-22-40-28(10-5-9-23-7-3-2-4-8-23)24-11-15-26(16-12-24)38-20-6-21-39-27-17-13-25(14-18-27)30(36)31(32,33)34/h2-4,7-8,11-18,28H,5-6,9-10,19-22H2,1H3. The van der Waals surface area contributed by atoms with Gasteiger partial charge in [0.15, 0.2) is 0 Å². The molecule has 1 atom stereocenters. The number of aryl methyl sites for hydroxylation is 1. The van der Waals surface area contributed by atoms with E-state index in [0.29, 0.717) is 37.6 Å². The summed E-state index contributed by atoms with van der Waals surface area (Å²) in [5, 5.41) is 0.244. The molecule has 0 heterocycles. The number of ketones is 1. The minimum atomic E-state index is -4.90. The van der Waals surface area contributed by atoms with Crippen molar-refractivity contribution >= 4 is 23.5 Å². The van der Waals surface area contributed by atoms with Crippen molar-refractivity contribution < 1.29 is 37.0 Å². The molecule has 1 unspecified atom stereocenters. The molecule has 0 N–H and O–H groups in total. The number of carbonyl (C=O) groups is 2. The number of methoxy groups -OCH3 is 1. The zero-order chi connectivity index (χ0) is 28.8. The van der Waals surface area contributed by atoms with Gasteiger partial charge in [-0.15, -0.1) is 0 Å². The van der Waals surface area contributed by atoms with Crippen LogP contribution in [0.3, 0.4) is 0 Å². The van der Waals surface area contributed by atoms with E-state index in [1.807, 2.05) is 42.5 Å². The number of hydrogen-bond donors (Lipinski definition) is 0. The highest BCUT2D eigenvalue weighted by Crippen LogP contribution is 2.35. The van der Waals surface area contributed by atoms with Crippen molar-refractivity contribution in [3.8, 4) is 11.5 Å². The molecule has 0 saturated heterocycles. The Balaban J connectivity index is 1.44. The summed E-state index contributed by atoms with van der Waals surface area (Å²) in [6.07, 6.45) is -0.965. The first-order chi connectivity index (χ1) is 19.3. The van der Waals surface area contributed by atoms with Crippen LogP contribution in [0.4, 0.5) is 13.2 Å². The third kappa shape index (κ3) is 10.6. The fourth-order valence-electron chi connectivity index (χ4n) is 3.95. The van der Waals surface area contributed by atoms with Gasteiger partial charge in [0.05, 0.1) is 26.7 Å². The molecule has 0 spiro atoms. The van der Waals surface area contributed by atoms with Crippen LogP contribution in [0, 0.1) is 0 Å². The molecule has 40 heavy (non-hydrogen) atoms. The Hall–Kier alpha value is -3.46. The van der Waals surface area contributed by atoms with Crippen LogP contribution in [0.2, 0.25) is 0 Å². The molecule has 0 aliphatic rings. The van der Waals surface area contributed by atoms with Gasteiger partial charge >= 0.3 is 12.1 Å². The summed E-state index contributed by atoms with van der Waals surface area (Å²) in [4.78, 5) is 22.8. The van der Waals surface area contributed by atoms with Gasteiger partial charge in [-0.2, -0.15) is 24.9 Å². The molecule has 0 fully saturated rings. The van der Waals surface area contributed by atoms with Crippen LogP contribution in [-0.4, -0.2) is 44.0 Å². The molecule has 0 aliphatic heterocycles. The first-order valence-electron chi connectivity index (χ1n) is 13.1. The van der Waals surface area contributed by atoms with Crippen LogP contribution < -0.4 is 9.47 Å². The normalized spacial score (nSPS) is 12.0. The van der Waals surface area contributed by atoms with Crippen molar-refractivity contribution in [2.24, 2.45) is 0 Å². The second-order valence-corrected chi connectivity index (χ2v) is 10.3. The van der Waals surface area contributed by atoms with Gasteiger partial charge in [0.25, 0.3) is 5.78 Å².